The number of esters is 1. The molecule has 5 rings (SSSR count). The Morgan fingerprint density at radius 1 is 0.600 bits per heavy atom. The van der Waals surface area contributed by atoms with Crippen LogP contribution in [-0.4, -0.2) is 96.5 Å². The van der Waals surface area contributed by atoms with Gasteiger partial charge in [0.05, 0.1) is 13.5 Å². The Bertz CT molecular complexity index is 2150. The van der Waals surface area contributed by atoms with Gasteiger partial charge in [-0.25, -0.2) is 9.59 Å². The first-order valence-corrected chi connectivity index (χ1v) is 21.4. The lowest BCUT2D eigenvalue weighted by Gasteiger charge is -2.37. The SMILES string of the molecule is COC(=O)[C@@H]1C/C=C/C[C@@H]2NC(=O)[C@H](C)NC(=O)[C@@H](NC(=O)OC(C)(C)C)C/C=C\C[C@H](NC2=O)C(=O)N[C@@H](CC(=O)NC(c2ccccc2)(c2ccccc2)c2ccccc2)C(=O)N1. The summed E-state index contributed by atoms with van der Waals surface area (Å²) >= 11 is 0. The van der Waals surface area contributed by atoms with Gasteiger partial charge in [0.1, 0.15) is 47.4 Å². The molecule has 0 spiro atoms. The molecule has 344 valence electrons. The number of carbonyl (C=O) groups is 8. The fourth-order valence-corrected chi connectivity index (χ4v) is 7.36. The van der Waals surface area contributed by atoms with Gasteiger partial charge in [-0.3, -0.25) is 28.8 Å². The average molecular weight is 892 g/mol. The van der Waals surface area contributed by atoms with Crippen molar-refractivity contribution < 1.29 is 47.8 Å². The molecule has 7 amide bonds. The topological polar surface area (TPSA) is 239 Å². The first-order chi connectivity index (χ1) is 31.0. The molecule has 2 aliphatic rings. The molecule has 0 radical (unpaired) electrons. The van der Waals surface area contributed by atoms with Crippen molar-refractivity contribution in [2.75, 3.05) is 7.11 Å². The zero-order valence-corrected chi connectivity index (χ0v) is 37.1. The van der Waals surface area contributed by atoms with Gasteiger partial charge in [0.2, 0.25) is 35.4 Å². The minimum Gasteiger partial charge on any atom is -0.467 e. The molecule has 0 unspecified atom stereocenters. The minimum atomic E-state index is -1.61. The number of hydrogen-bond donors (Lipinski definition) is 7. The molecule has 0 aromatic heterocycles. The van der Waals surface area contributed by atoms with Crippen LogP contribution in [0.3, 0.4) is 0 Å². The Labute approximate surface area is 377 Å². The summed E-state index contributed by atoms with van der Waals surface area (Å²) in [4.78, 5) is 110. The number of benzene rings is 3. The maximum atomic E-state index is 14.6. The second kappa shape index (κ2) is 22.4. The van der Waals surface area contributed by atoms with Crippen molar-refractivity contribution in [1.29, 1.82) is 0 Å². The van der Waals surface area contributed by atoms with Crippen LogP contribution in [-0.2, 0) is 48.6 Å². The molecular formula is C48H57N7O10. The summed E-state index contributed by atoms with van der Waals surface area (Å²) in [7, 11) is 1.14. The first kappa shape index (κ1) is 48.7. The van der Waals surface area contributed by atoms with Crippen molar-refractivity contribution in [2.24, 2.45) is 0 Å². The summed E-state index contributed by atoms with van der Waals surface area (Å²) in [6, 6.07) is 19.8. The van der Waals surface area contributed by atoms with Crippen LogP contribution >= 0.6 is 0 Å². The molecule has 0 fully saturated rings. The van der Waals surface area contributed by atoms with E-state index in [-0.39, 0.29) is 25.7 Å². The van der Waals surface area contributed by atoms with Crippen LogP contribution < -0.4 is 37.2 Å². The van der Waals surface area contributed by atoms with Crippen molar-refractivity contribution in [3.8, 4) is 0 Å². The van der Waals surface area contributed by atoms with Crippen molar-refractivity contribution >= 4 is 47.5 Å². The highest BCUT2D eigenvalue weighted by molar-refractivity contribution is 5.98. The molecule has 65 heavy (non-hydrogen) atoms. The highest BCUT2D eigenvalue weighted by Gasteiger charge is 2.40. The molecule has 17 heteroatoms. The summed E-state index contributed by atoms with van der Waals surface area (Å²) in [5.41, 5.74) is -0.0497. The van der Waals surface area contributed by atoms with Gasteiger partial charge in [0, 0.05) is 0 Å². The Morgan fingerprint density at radius 2 is 1.08 bits per heavy atom. The number of carbonyl (C=O) groups excluding carboxylic acids is 8. The lowest BCUT2D eigenvalue weighted by Crippen LogP contribution is -2.60. The van der Waals surface area contributed by atoms with E-state index >= 15 is 0 Å². The molecule has 0 aliphatic carbocycles. The van der Waals surface area contributed by atoms with Crippen molar-refractivity contribution in [2.45, 2.75) is 107 Å². The summed E-state index contributed by atoms with van der Waals surface area (Å²) < 4.78 is 10.3. The number of alkyl carbamates (subject to hydrolysis) is 1. The fourth-order valence-electron chi connectivity index (χ4n) is 7.36. The van der Waals surface area contributed by atoms with E-state index in [1.807, 2.05) is 91.0 Å². The van der Waals surface area contributed by atoms with Gasteiger partial charge in [0.25, 0.3) is 0 Å². The smallest absolute Gasteiger partial charge is 0.408 e. The monoisotopic (exact) mass is 891 g/mol. The predicted molar refractivity (Wildman–Crippen MR) is 239 cm³/mol. The minimum absolute atomic E-state index is 0.110. The average Bonchev–Trinajstić information content (AvgIpc) is 3.28. The van der Waals surface area contributed by atoms with Crippen molar-refractivity contribution in [3.63, 3.8) is 0 Å². The zero-order chi connectivity index (χ0) is 47.1. The zero-order valence-electron chi connectivity index (χ0n) is 37.1. The summed E-state index contributed by atoms with van der Waals surface area (Å²) in [6.07, 6.45) is 3.99. The molecule has 3 aromatic rings. The number of nitrogens with one attached hydrogen (secondary N) is 7. The lowest BCUT2D eigenvalue weighted by molar-refractivity contribution is -0.145. The van der Waals surface area contributed by atoms with Crippen LogP contribution in [0.1, 0.15) is 76.5 Å². The molecule has 2 bridgehead atoms. The molecule has 3 aromatic carbocycles. The van der Waals surface area contributed by atoms with Crippen molar-refractivity contribution in [3.05, 3.63) is 132 Å². The van der Waals surface area contributed by atoms with Crippen LogP contribution in [0.25, 0.3) is 0 Å². The molecule has 7 N–H and O–H groups in total. The van der Waals surface area contributed by atoms with E-state index in [4.69, 9.17) is 9.47 Å². The van der Waals surface area contributed by atoms with Gasteiger partial charge >= 0.3 is 12.1 Å². The van der Waals surface area contributed by atoms with Crippen LogP contribution in [0.4, 0.5) is 4.79 Å². The molecule has 2 aliphatic heterocycles. The number of ether oxygens (including phenoxy) is 2. The van der Waals surface area contributed by atoms with E-state index in [0.29, 0.717) is 16.7 Å². The first-order valence-electron chi connectivity index (χ1n) is 21.4. The van der Waals surface area contributed by atoms with Crippen LogP contribution in [0.15, 0.2) is 115 Å². The second-order valence-corrected chi connectivity index (χ2v) is 16.7. The number of amides is 7. The Hall–Kier alpha value is -7.30. The van der Waals surface area contributed by atoms with E-state index in [1.165, 1.54) is 31.2 Å². The van der Waals surface area contributed by atoms with Gasteiger partial charge in [-0.15, -0.1) is 0 Å². The van der Waals surface area contributed by atoms with Gasteiger partial charge in [-0.05, 0) is 70.1 Å². The number of hydrogen-bond acceptors (Lipinski definition) is 10. The number of rotatable bonds is 8. The lowest BCUT2D eigenvalue weighted by atomic mass is 9.77. The molecule has 0 saturated carbocycles. The Kier molecular flexibility index (Phi) is 16.8. The standard InChI is InChI=1S/C48H57N7O10/c1-30-40(57)50-34-25-17-18-28-37(45(62)64-5)52-44(61)38(53-43(60)35(51-42(34)59)26-15-16-27-36(41(58)49-30)54-46(63)65-47(2,3)4)29-39(56)55-48(31-19-9-6-10-20-31,32-21-11-7-12-22-32)33-23-13-8-14-24-33/h6-24,30,34-38H,25-29H2,1-5H3,(H,49,58)(H,50,57)(H,51,59)(H,52,61)(H,53,60)(H,54,63)(H,55,56)/b16-15-,18-17+/t30-,34-,35-,36-,37-,38-/m0/s1. The molecule has 0 saturated heterocycles. The van der Waals surface area contributed by atoms with Crippen molar-refractivity contribution in [1.82, 2.24) is 37.2 Å². The summed E-state index contributed by atoms with van der Waals surface area (Å²) in [6.45, 7) is 6.37. The normalized spacial score (nSPS) is 23.6. The van der Waals surface area contributed by atoms with Gasteiger partial charge in [0.15, 0.2) is 0 Å². The molecular weight excluding hydrogens is 835 g/mol. The third-order valence-electron chi connectivity index (χ3n) is 10.6. The third kappa shape index (κ3) is 13.4. The van der Waals surface area contributed by atoms with E-state index in [0.717, 1.165) is 7.11 Å². The molecule has 17 nitrogen and oxygen atoms in total. The highest BCUT2D eigenvalue weighted by atomic mass is 16.6. The van der Waals surface area contributed by atoms with E-state index in [9.17, 15) is 38.4 Å². The van der Waals surface area contributed by atoms with Gasteiger partial charge < -0.3 is 46.7 Å². The predicted octanol–water partition coefficient (Wildman–Crippen LogP) is 2.70. The van der Waals surface area contributed by atoms with Gasteiger partial charge in [-0.1, -0.05) is 115 Å². The third-order valence-corrected chi connectivity index (χ3v) is 10.6. The van der Waals surface area contributed by atoms with E-state index in [2.05, 4.69) is 37.2 Å². The number of fused-ring (bicyclic) bond motifs is 3. The molecule has 6 atom stereocenters. The largest absolute Gasteiger partial charge is 0.467 e. The Balaban J connectivity index is 1.53. The van der Waals surface area contributed by atoms with Crippen LogP contribution in [0.5, 0.6) is 0 Å². The fraction of sp³-hybridized carbons (Fsp3) is 0.375. The Morgan fingerprint density at radius 3 is 1.58 bits per heavy atom. The van der Waals surface area contributed by atoms with E-state index < -0.39 is 101 Å². The second-order valence-electron chi connectivity index (χ2n) is 16.7. The van der Waals surface area contributed by atoms with Crippen LogP contribution in [0.2, 0.25) is 0 Å². The van der Waals surface area contributed by atoms with Crippen LogP contribution in [0, 0.1) is 0 Å². The van der Waals surface area contributed by atoms with Gasteiger partial charge in [-0.2, -0.15) is 0 Å². The summed E-state index contributed by atoms with van der Waals surface area (Å²) in [5, 5.41) is 18.8. The maximum absolute atomic E-state index is 14.6. The maximum Gasteiger partial charge on any atom is 0.408 e. The van der Waals surface area contributed by atoms with E-state index in [1.54, 1.807) is 20.8 Å². The highest BCUT2D eigenvalue weighted by Crippen LogP contribution is 2.37. The summed E-state index contributed by atoms with van der Waals surface area (Å²) in [5.74, 6) is -5.48. The molecule has 2 heterocycles. The number of methoxy groups -OCH3 is 1. The quantitative estimate of drug-likeness (QED) is 0.0992.